The van der Waals surface area contributed by atoms with E-state index in [1.807, 2.05) is 43.3 Å². The third kappa shape index (κ3) is 4.46. The molecule has 0 radical (unpaired) electrons. The molecule has 3 heterocycles. The monoisotopic (exact) mass is 474 g/mol. The highest BCUT2D eigenvalue weighted by Gasteiger charge is 2.53. The SMILES string of the molecule is Cc1ccnc(N2C(=O)C3=C(C(=O)C4CC(C)CCC4O3)C2c2cccc(OCCC(C)C)c2)c1. The van der Waals surface area contributed by atoms with Crippen LogP contribution in [-0.4, -0.2) is 29.4 Å². The number of hydrogen-bond donors (Lipinski definition) is 0. The van der Waals surface area contributed by atoms with Crippen LogP contribution in [0.2, 0.25) is 0 Å². The van der Waals surface area contributed by atoms with Crippen molar-refractivity contribution in [3.05, 3.63) is 65.1 Å². The van der Waals surface area contributed by atoms with Crippen LogP contribution in [0.5, 0.6) is 5.75 Å². The fourth-order valence-electron chi connectivity index (χ4n) is 5.47. The molecule has 4 unspecified atom stereocenters. The first kappa shape index (κ1) is 23.6. The normalized spacial score (nSPS) is 26.0. The largest absolute Gasteiger partial charge is 0.494 e. The lowest BCUT2D eigenvalue weighted by atomic mass is 9.74. The molecule has 2 aromatic rings. The number of amides is 1. The van der Waals surface area contributed by atoms with Crippen molar-refractivity contribution in [1.29, 1.82) is 0 Å². The van der Waals surface area contributed by atoms with Gasteiger partial charge in [-0.2, -0.15) is 0 Å². The Balaban J connectivity index is 1.57. The minimum atomic E-state index is -0.592. The predicted molar refractivity (Wildman–Crippen MR) is 134 cm³/mol. The van der Waals surface area contributed by atoms with E-state index in [0.717, 1.165) is 42.6 Å². The fourth-order valence-corrected chi connectivity index (χ4v) is 5.47. The minimum Gasteiger partial charge on any atom is -0.494 e. The molecular formula is C29H34N2O4. The van der Waals surface area contributed by atoms with Gasteiger partial charge in [-0.3, -0.25) is 14.5 Å². The summed E-state index contributed by atoms with van der Waals surface area (Å²) in [5.41, 5.74) is 2.29. The van der Waals surface area contributed by atoms with E-state index < -0.39 is 6.04 Å². The number of fused-ring (bicyclic) bond motifs is 1. The van der Waals surface area contributed by atoms with Crippen molar-refractivity contribution in [2.75, 3.05) is 11.5 Å². The second kappa shape index (κ2) is 9.48. The lowest BCUT2D eigenvalue weighted by Gasteiger charge is -2.37. The number of anilines is 1. The minimum absolute atomic E-state index is 0.0439. The third-order valence-electron chi connectivity index (χ3n) is 7.40. The molecule has 0 spiro atoms. The summed E-state index contributed by atoms with van der Waals surface area (Å²) in [7, 11) is 0. The number of ether oxygens (including phenoxy) is 2. The van der Waals surface area contributed by atoms with E-state index in [1.54, 1.807) is 11.1 Å². The Morgan fingerprint density at radius 1 is 1.17 bits per heavy atom. The number of nitrogens with zero attached hydrogens (tertiary/aromatic N) is 2. The van der Waals surface area contributed by atoms with E-state index in [1.165, 1.54) is 0 Å². The number of ketones is 1. The molecule has 1 fully saturated rings. The Morgan fingerprint density at radius 3 is 2.77 bits per heavy atom. The van der Waals surface area contributed by atoms with Gasteiger partial charge in [0.15, 0.2) is 11.5 Å². The lowest BCUT2D eigenvalue weighted by Crippen LogP contribution is -2.41. The lowest BCUT2D eigenvalue weighted by molar-refractivity contribution is -0.132. The van der Waals surface area contributed by atoms with Crippen molar-refractivity contribution < 1.29 is 19.1 Å². The zero-order chi connectivity index (χ0) is 24.7. The Bertz CT molecular complexity index is 1170. The average Bonchev–Trinajstić information content (AvgIpc) is 3.12. The van der Waals surface area contributed by atoms with Crippen LogP contribution in [-0.2, 0) is 14.3 Å². The van der Waals surface area contributed by atoms with E-state index in [2.05, 4.69) is 25.8 Å². The van der Waals surface area contributed by atoms with Crippen LogP contribution in [0.3, 0.4) is 0 Å². The fraction of sp³-hybridized carbons (Fsp3) is 0.483. The number of carbonyl (C=O) groups is 2. The number of aryl methyl sites for hydroxylation is 1. The smallest absolute Gasteiger partial charge is 0.295 e. The van der Waals surface area contributed by atoms with Crippen molar-refractivity contribution in [3.63, 3.8) is 0 Å². The molecular weight excluding hydrogens is 440 g/mol. The van der Waals surface area contributed by atoms with Crippen LogP contribution >= 0.6 is 0 Å². The summed E-state index contributed by atoms with van der Waals surface area (Å²) < 4.78 is 12.3. The Kier molecular flexibility index (Phi) is 6.39. The molecule has 1 aromatic heterocycles. The number of hydrogen-bond acceptors (Lipinski definition) is 5. The van der Waals surface area contributed by atoms with E-state index in [4.69, 9.17) is 9.47 Å². The van der Waals surface area contributed by atoms with Crippen molar-refractivity contribution in [2.45, 2.75) is 65.5 Å². The third-order valence-corrected chi connectivity index (χ3v) is 7.40. The zero-order valence-corrected chi connectivity index (χ0v) is 21.0. The van der Waals surface area contributed by atoms with Crippen LogP contribution in [0, 0.1) is 24.7 Å². The molecule has 6 nitrogen and oxygen atoms in total. The summed E-state index contributed by atoms with van der Waals surface area (Å²) in [6.07, 6.45) is 5.03. The van der Waals surface area contributed by atoms with Gasteiger partial charge in [-0.15, -0.1) is 0 Å². The van der Waals surface area contributed by atoms with Crippen LogP contribution in [0.15, 0.2) is 53.9 Å². The molecule has 2 aliphatic heterocycles. The first-order valence-corrected chi connectivity index (χ1v) is 12.8. The average molecular weight is 475 g/mol. The van der Waals surface area contributed by atoms with E-state index >= 15 is 0 Å². The van der Waals surface area contributed by atoms with Gasteiger partial charge >= 0.3 is 0 Å². The standard InChI is InChI=1S/C29H34N2O4/c1-17(2)11-13-34-21-7-5-6-20(16-21)26-25-27(32)22-14-18(3)8-9-23(22)35-28(25)29(33)31(26)24-15-19(4)10-12-30-24/h5-7,10,12,15-18,22-23,26H,8-9,11,13-14H2,1-4H3. The first-order chi connectivity index (χ1) is 16.8. The Morgan fingerprint density at radius 2 is 2.00 bits per heavy atom. The van der Waals surface area contributed by atoms with E-state index in [9.17, 15) is 9.59 Å². The number of benzene rings is 1. The Labute approximate surface area is 207 Å². The van der Waals surface area contributed by atoms with Crippen LogP contribution in [0.1, 0.15) is 63.6 Å². The van der Waals surface area contributed by atoms with Gasteiger partial charge in [-0.25, -0.2) is 4.98 Å². The van der Waals surface area contributed by atoms with Gasteiger partial charge in [-0.05, 0) is 79.8 Å². The van der Waals surface area contributed by atoms with Crippen molar-refractivity contribution >= 4 is 17.5 Å². The van der Waals surface area contributed by atoms with Crippen molar-refractivity contribution in [1.82, 2.24) is 4.98 Å². The summed E-state index contributed by atoms with van der Waals surface area (Å²) in [4.78, 5) is 33.8. The maximum Gasteiger partial charge on any atom is 0.295 e. The van der Waals surface area contributed by atoms with Gasteiger partial charge in [0.2, 0.25) is 0 Å². The number of rotatable bonds is 6. The molecule has 35 heavy (non-hydrogen) atoms. The highest BCUT2D eigenvalue weighted by Crippen LogP contribution is 2.49. The highest BCUT2D eigenvalue weighted by molar-refractivity contribution is 6.17. The van der Waals surface area contributed by atoms with E-state index in [0.29, 0.717) is 29.8 Å². The first-order valence-electron chi connectivity index (χ1n) is 12.8. The molecule has 4 atom stereocenters. The molecule has 1 saturated carbocycles. The summed E-state index contributed by atoms with van der Waals surface area (Å²) in [5.74, 6) is 2.01. The van der Waals surface area contributed by atoms with Gasteiger partial charge in [0.1, 0.15) is 17.7 Å². The molecule has 184 valence electrons. The second-order valence-corrected chi connectivity index (χ2v) is 10.7. The molecule has 0 saturated heterocycles. The van der Waals surface area contributed by atoms with Crippen LogP contribution in [0.25, 0.3) is 0 Å². The molecule has 1 aromatic carbocycles. The summed E-state index contributed by atoms with van der Waals surface area (Å²) in [6.45, 7) is 9.10. The van der Waals surface area contributed by atoms with Crippen LogP contribution in [0.4, 0.5) is 5.82 Å². The van der Waals surface area contributed by atoms with Gasteiger partial charge in [0, 0.05) is 6.20 Å². The quantitative estimate of drug-likeness (QED) is 0.548. The van der Waals surface area contributed by atoms with Gasteiger partial charge in [0.25, 0.3) is 5.91 Å². The molecule has 0 bridgehead atoms. The molecule has 1 aliphatic carbocycles. The maximum absolute atomic E-state index is 13.9. The van der Waals surface area contributed by atoms with Crippen molar-refractivity contribution in [2.24, 2.45) is 17.8 Å². The maximum atomic E-state index is 13.9. The molecule has 0 N–H and O–H groups in total. The molecule has 3 aliphatic rings. The summed E-state index contributed by atoms with van der Waals surface area (Å²) in [5, 5.41) is 0. The molecule has 5 rings (SSSR count). The number of carbonyl (C=O) groups excluding carboxylic acids is 2. The van der Waals surface area contributed by atoms with E-state index in [-0.39, 0.29) is 29.5 Å². The molecule has 1 amide bonds. The van der Waals surface area contributed by atoms with Crippen molar-refractivity contribution in [3.8, 4) is 5.75 Å². The highest BCUT2D eigenvalue weighted by atomic mass is 16.5. The van der Waals surface area contributed by atoms with Gasteiger partial charge < -0.3 is 9.47 Å². The predicted octanol–water partition coefficient (Wildman–Crippen LogP) is 5.56. The topological polar surface area (TPSA) is 68.7 Å². The second-order valence-electron chi connectivity index (χ2n) is 10.7. The van der Waals surface area contributed by atoms with Crippen LogP contribution < -0.4 is 9.64 Å². The zero-order valence-electron chi connectivity index (χ0n) is 21.0. The molecule has 6 heteroatoms. The van der Waals surface area contributed by atoms with Gasteiger partial charge in [0.05, 0.1) is 24.1 Å². The Hall–Kier alpha value is -3.15. The number of aromatic nitrogens is 1. The summed E-state index contributed by atoms with van der Waals surface area (Å²) >= 11 is 0. The van der Waals surface area contributed by atoms with Gasteiger partial charge in [-0.1, -0.05) is 32.9 Å². The number of Topliss-reactive ketones (excluding diaryl/α,β-unsaturated/α-hetero) is 1. The number of pyridine rings is 1. The summed E-state index contributed by atoms with van der Waals surface area (Å²) in [6, 6.07) is 10.9.